The Balaban J connectivity index is 1.92. The third kappa shape index (κ3) is 5.21. The summed E-state index contributed by atoms with van der Waals surface area (Å²) in [7, 11) is 0. The van der Waals surface area contributed by atoms with E-state index in [1.165, 1.54) is 24.8 Å². The molecule has 1 aliphatic rings. The van der Waals surface area contributed by atoms with Gasteiger partial charge in [-0.1, -0.05) is 6.92 Å². The number of nitrogens with zero attached hydrogens (tertiary/aromatic N) is 1. The average molecular weight is 327 g/mol. The summed E-state index contributed by atoms with van der Waals surface area (Å²) >= 11 is 3.49. The standard InChI is InChI=1S/C15H23BrN2O/c1-2-4-18-15(7-12-3-5-19-11-12)8-13-6-14(16)10-17-9-13/h6,9-10,12,15,18H,2-5,7-8,11H2,1H3. The predicted octanol–water partition coefficient (Wildman–Crippen LogP) is 3.18. The van der Waals surface area contributed by atoms with E-state index in [1.54, 1.807) is 0 Å². The largest absolute Gasteiger partial charge is 0.381 e. The van der Waals surface area contributed by atoms with Crippen molar-refractivity contribution in [3.8, 4) is 0 Å². The fourth-order valence-corrected chi connectivity index (χ4v) is 3.02. The topological polar surface area (TPSA) is 34.2 Å². The van der Waals surface area contributed by atoms with Gasteiger partial charge < -0.3 is 10.1 Å². The Hall–Kier alpha value is -0.450. The van der Waals surface area contributed by atoms with Crippen molar-refractivity contribution in [1.29, 1.82) is 0 Å². The molecular weight excluding hydrogens is 304 g/mol. The first-order valence-electron chi connectivity index (χ1n) is 7.18. The summed E-state index contributed by atoms with van der Waals surface area (Å²) in [6, 6.07) is 2.70. The molecule has 0 bridgehead atoms. The highest BCUT2D eigenvalue weighted by Gasteiger charge is 2.20. The lowest BCUT2D eigenvalue weighted by atomic mass is 9.95. The first-order valence-corrected chi connectivity index (χ1v) is 7.97. The number of pyridine rings is 1. The quantitative estimate of drug-likeness (QED) is 0.835. The molecule has 1 fully saturated rings. The molecule has 106 valence electrons. The van der Waals surface area contributed by atoms with Crippen LogP contribution in [0.5, 0.6) is 0 Å². The van der Waals surface area contributed by atoms with Crippen LogP contribution < -0.4 is 5.32 Å². The van der Waals surface area contributed by atoms with Crippen molar-refractivity contribution in [2.75, 3.05) is 19.8 Å². The van der Waals surface area contributed by atoms with Crippen LogP contribution in [-0.4, -0.2) is 30.8 Å². The van der Waals surface area contributed by atoms with E-state index < -0.39 is 0 Å². The zero-order valence-electron chi connectivity index (χ0n) is 11.6. The van der Waals surface area contributed by atoms with Gasteiger partial charge in [0.05, 0.1) is 0 Å². The van der Waals surface area contributed by atoms with Gasteiger partial charge in [-0.15, -0.1) is 0 Å². The lowest BCUT2D eigenvalue weighted by Gasteiger charge is -2.21. The van der Waals surface area contributed by atoms with Gasteiger partial charge in [0.15, 0.2) is 0 Å². The van der Waals surface area contributed by atoms with Crippen LogP contribution in [0.4, 0.5) is 0 Å². The summed E-state index contributed by atoms with van der Waals surface area (Å²) in [5.41, 5.74) is 1.29. The Morgan fingerprint density at radius 3 is 3.11 bits per heavy atom. The Bertz CT molecular complexity index is 380. The highest BCUT2D eigenvalue weighted by Crippen LogP contribution is 2.20. The van der Waals surface area contributed by atoms with E-state index in [2.05, 4.69) is 39.2 Å². The van der Waals surface area contributed by atoms with E-state index in [1.807, 2.05) is 12.4 Å². The molecule has 1 aromatic heterocycles. The number of halogens is 1. The SMILES string of the molecule is CCCNC(Cc1cncc(Br)c1)CC1CCOC1. The van der Waals surface area contributed by atoms with E-state index >= 15 is 0 Å². The number of rotatable bonds is 7. The zero-order valence-corrected chi connectivity index (χ0v) is 13.2. The second-order valence-corrected chi connectivity index (χ2v) is 6.25. The molecule has 0 saturated carbocycles. The van der Waals surface area contributed by atoms with Gasteiger partial charge in [0.25, 0.3) is 0 Å². The summed E-state index contributed by atoms with van der Waals surface area (Å²) in [6.07, 6.45) is 8.43. The molecular formula is C15H23BrN2O. The van der Waals surface area contributed by atoms with Crippen molar-refractivity contribution in [3.05, 3.63) is 28.5 Å². The Labute approximate surface area is 124 Å². The van der Waals surface area contributed by atoms with Crippen LogP contribution in [0.15, 0.2) is 22.9 Å². The molecule has 2 atom stereocenters. The van der Waals surface area contributed by atoms with E-state index in [0.29, 0.717) is 6.04 Å². The molecule has 19 heavy (non-hydrogen) atoms. The van der Waals surface area contributed by atoms with Crippen LogP contribution in [-0.2, 0) is 11.2 Å². The maximum atomic E-state index is 5.48. The van der Waals surface area contributed by atoms with Gasteiger partial charge in [-0.3, -0.25) is 4.98 Å². The first kappa shape index (κ1) is 14.9. The zero-order chi connectivity index (χ0) is 13.5. The summed E-state index contributed by atoms with van der Waals surface area (Å²) in [5.74, 6) is 0.717. The van der Waals surface area contributed by atoms with Crippen molar-refractivity contribution >= 4 is 15.9 Å². The van der Waals surface area contributed by atoms with E-state index in [9.17, 15) is 0 Å². The van der Waals surface area contributed by atoms with Gasteiger partial charge >= 0.3 is 0 Å². The summed E-state index contributed by atoms with van der Waals surface area (Å²) in [4.78, 5) is 4.25. The number of hydrogen-bond acceptors (Lipinski definition) is 3. The number of nitrogens with one attached hydrogen (secondary N) is 1. The van der Waals surface area contributed by atoms with Crippen LogP contribution in [0.25, 0.3) is 0 Å². The molecule has 0 aliphatic carbocycles. The molecule has 2 rings (SSSR count). The number of hydrogen-bond donors (Lipinski definition) is 1. The minimum Gasteiger partial charge on any atom is -0.381 e. The molecule has 2 unspecified atom stereocenters. The average Bonchev–Trinajstić information content (AvgIpc) is 2.89. The monoisotopic (exact) mass is 326 g/mol. The molecule has 1 aliphatic heterocycles. The molecule has 1 aromatic rings. The van der Waals surface area contributed by atoms with Crippen LogP contribution in [0.1, 0.15) is 31.7 Å². The first-order chi connectivity index (χ1) is 9.28. The molecule has 2 heterocycles. The molecule has 0 spiro atoms. The fraction of sp³-hybridized carbons (Fsp3) is 0.667. The van der Waals surface area contributed by atoms with Crippen molar-refractivity contribution in [2.24, 2.45) is 5.92 Å². The molecule has 0 aromatic carbocycles. The van der Waals surface area contributed by atoms with Crippen molar-refractivity contribution in [1.82, 2.24) is 10.3 Å². The molecule has 1 saturated heterocycles. The maximum absolute atomic E-state index is 5.48. The van der Waals surface area contributed by atoms with Gasteiger partial charge in [-0.2, -0.15) is 0 Å². The second kappa shape index (κ2) is 7.98. The Morgan fingerprint density at radius 2 is 2.42 bits per heavy atom. The van der Waals surface area contributed by atoms with Gasteiger partial charge in [0, 0.05) is 36.1 Å². The second-order valence-electron chi connectivity index (χ2n) is 5.33. The van der Waals surface area contributed by atoms with Gasteiger partial charge in [0.2, 0.25) is 0 Å². The van der Waals surface area contributed by atoms with Gasteiger partial charge in [-0.05, 0) is 65.7 Å². The van der Waals surface area contributed by atoms with Crippen molar-refractivity contribution in [3.63, 3.8) is 0 Å². The fourth-order valence-electron chi connectivity index (χ4n) is 2.61. The molecule has 3 nitrogen and oxygen atoms in total. The summed E-state index contributed by atoms with van der Waals surface area (Å²) in [6.45, 7) is 5.16. The maximum Gasteiger partial charge on any atom is 0.0495 e. The Kier molecular flexibility index (Phi) is 6.28. The summed E-state index contributed by atoms with van der Waals surface area (Å²) in [5, 5.41) is 3.67. The third-order valence-corrected chi connectivity index (χ3v) is 4.00. The minimum atomic E-state index is 0.530. The molecule has 0 amide bonds. The van der Waals surface area contributed by atoms with Gasteiger partial charge in [-0.25, -0.2) is 0 Å². The van der Waals surface area contributed by atoms with Crippen LogP contribution in [0.2, 0.25) is 0 Å². The minimum absolute atomic E-state index is 0.530. The highest BCUT2D eigenvalue weighted by molar-refractivity contribution is 9.10. The molecule has 1 N–H and O–H groups in total. The van der Waals surface area contributed by atoms with Crippen molar-refractivity contribution < 1.29 is 4.74 Å². The number of ether oxygens (including phenoxy) is 1. The number of aromatic nitrogens is 1. The smallest absolute Gasteiger partial charge is 0.0495 e. The lowest BCUT2D eigenvalue weighted by molar-refractivity contribution is 0.181. The van der Waals surface area contributed by atoms with E-state index in [0.717, 1.165) is 36.6 Å². The predicted molar refractivity (Wildman–Crippen MR) is 81.3 cm³/mol. The lowest BCUT2D eigenvalue weighted by Crippen LogP contribution is -2.34. The summed E-state index contributed by atoms with van der Waals surface area (Å²) < 4.78 is 6.54. The molecule has 4 heteroatoms. The molecule has 0 radical (unpaired) electrons. The Morgan fingerprint density at radius 1 is 1.53 bits per heavy atom. The van der Waals surface area contributed by atoms with Crippen LogP contribution in [0, 0.1) is 5.92 Å². The van der Waals surface area contributed by atoms with Crippen LogP contribution in [0.3, 0.4) is 0 Å². The van der Waals surface area contributed by atoms with Gasteiger partial charge in [0.1, 0.15) is 0 Å². The van der Waals surface area contributed by atoms with Crippen molar-refractivity contribution in [2.45, 2.75) is 38.6 Å². The normalized spacial score (nSPS) is 20.6. The highest BCUT2D eigenvalue weighted by atomic mass is 79.9. The van der Waals surface area contributed by atoms with E-state index in [4.69, 9.17) is 4.74 Å². The van der Waals surface area contributed by atoms with E-state index in [-0.39, 0.29) is 0 Å². The van der Waals surface area contributed by atoms with Crippen LogP contribution >= 0.6 is 15.9 Å². The third-order valence-electron chi connectivity index (χ3n) is 3.57.